The fraction of sp³-hybridized carbons (Fsp3) is 0.400. The highest BCUT2D eigenvalue weighted by atomic mass is 16.6. The number of aromatic nitrogens is 1. The van der Waals surface area contributed by atoms with Crippen LogP contribution in [0, 0.1) is 0 Å². The molecular weight excluding hydrogens is 240 g/mol. The van der Waals surface area contributed by atoms with E-state index >= 15 is 0 Å². The molecule has 0 bridgehead atoms. The minimum Gasteiger partial charge on any atom is -0.376 e. The van der Waals surface area contributed by atoms with Crippen LogP contribution in [0.1, 0.15) is 5.69 Å². The van der Waals surface area contributed by atoms with Gasteiger partial charge in [-0.05, 0) is 12.1 Å². The molecule has 0 saturated carbocycles. The fourth-order valence-electron chi connectivity index (χ4n) is 2.35. The Morgan fingerprint density at radius 2 is 2.11 bits per heavy atom. The van der Waals surface area contributed by atoms with E-state index in [1.807, 2.05) is 24.3 Å². The first-order valence-electron chi connectivity index (χ1n) is 6.62. The zero-order chi connectivity index (χ0) is 13.1. The van der Waals surface area contributed by atoms with Crippen LogP contribution < -0.4 is 5.73 Å². The second-order valence-electron chi connectivity index (χ2n) is 4.85. The predicted molar refractivity (Wildman–Crippen MR) is 74.0 cm³/mol. The molecule has 1 aromatic carbocycles. The minimum atomic E-state index is -0.0750. The summed E-state index contributed by atoms with van der Waals surface area (Å²) in [5, 5.41) is 1.15. The van der Waals surface area contributed by atoms with Crippen molar-refractivity contribution in [3.63, 3.8) is 0 Å². The molecule has 1 fully saturated rings. The Morgan fingerprint density at radius 1 is 1.21 bits per heavy atom. The summed E-state index contributed by atoms with van der Waals surface area (Å²) < 4.78 is 11.0. The van der Waals surface area contributed by atoms with E-state index in [0.29, 0.717) is 26.2 Å². The molecule has 2 N–H and O–H groups in total. The summed E-state index contributed by atoms with van der Waals surface area (Å²) in [7, 11) is 0. The Hall–Kier alpha value is -1.49. The van der Waals surface area contributed by atoms with Crippen LogP contribution in [-0.4, -0.2) is 37.0 Å². The highest BCUT2D eigenvalue weighted by molar-refractivity contribution is 5.78. The third-order valence-corrected chi connectivity index (χ3v) is 3.42. The van der Waals surface area contributed by atoms with Crippen molar-refractivity contribution in [2.45, 2.75) is 18.6 Å². The highest BCUT2D eigenvalue weighted by Gasteiger charge is 2.22. The van der Waals surface area contributed by atoms with Crippen LogP contribution in [-0.2, 0) is 15.9 Å². The van der Waals surface area contributed by atoms with Crippen molar-refractivity contribution in [2.24, 2.45) is 5.73 Å². The van der Waals surface area contributed by atoms with Crippen LogP contribution in [0.2, 0.25) is 0 Å². The van der Waals surface area contributed by atoms with Crippen LogP contribution in [0.25, 0.3) is 10.9 Å². The van der Waals surface area contributed by atoms with Gasteiger partial charge in [0.05, 0.1) is 31.4 Å². The molecule has 100 valence electrons. The van der Waals surface area contributed by atoms with Crippen LogP contribution in [0.3, 0.4) is 0 Å². The molecule has 1 aliphatic heterocycles. The summed E-state index contributed by atoms with van der Waals surface area (Å²) in [5.41, 5.74) is 8.19. The first-order valence-corrected chi connectivity index (χ1v) is 6.62. The molecule has 0 radical (unpaired) electrons. The maximum absolute atomic E-state index is 6.18. The molecule has 1 aliphatic rings. The van der Waals surface area contributed by atoms with Crippen LogP contribution in [0.4, 0.5) is 0 Å². The Kier molecular flexibility index (Phi) is 3.73. The summed E-state index contributed by atoms with van der Waals surface area (Å²) in [4.78, 5) is 4.63. The average Bonchev–Trinajstić information content (AvgIpc) is 2.48. The van der Waals surface area contributed by atoms with Crippen molar-refractivity contribution in [1.29, 1.82) is 0 Å². The lowest BCUT2D eigenvalue weighted by molar-refractivity contribution is -0.0968. The normalized spacial score (nSPS) is 21.4. The Bertz CT molecular complexity index is 553. The number of para-hydroxylation sites is 1. The minimum absolute atomic E-state index is 0.0259. The fourth-order valence-corrected chi connectivity index (χ4v) is 2.35. The summed E-state index contributed by atoms with van der Waals surface area (Å²) >= 11 is 0. The maximum atomic E-state index is 6.18. The Labute approximate surface area is 112 Å². The molecule has 2 heterocycles. The number of rotatable bonds is 3. The molecule has 4 heteroatoms. The van der Waals surface area contributed by atoms with Crippen molar-refractivity contribution < 1.29 is 9.47 Å². The molecule has 1 saturated heterocycles. The van der Waals surface area contributed by atoms with Crippen molar-refractivity contribution in [2.75, 3.05) is 19.8 Å². The van der Waals surface area contributed by atoms with E-state index in [1.165, 1.54) is 0 Å². The van der Waals surface area contributed by atoms with Crippen molar-refractivity contribution >= 4 is 10.9 Å². The lowest BCUT2D eigenvalue weighted by atomic mass is 10.0. The summed E-state index contributed by atoms with van der Waals surface area (Å²) in [5.74, 6) is 0. The van der Waals surface area contributed by atoms with E-state index in [2.05, 4.69) is 17.1 Å². The van der Waals surface area contributed by atoms with E-state index in [1.54, 1.807) is 0 Å². The van der Waals surface area contributed by atoms with E-state index in [4.69, 9.17) is 15.2 Å². The first kappa shape index (κ1) is 12.5. The molecular formula is C15H18N2O2. The maximum Gasteiger partial charge on any atom is 0.0963 e. The van der Waals surface area contributed by atoms with Gasteiger partial charge in [0, 0.05) is 23.5 Å². The zero-order valence-corrected chi connectivity index (χ0v) is 10.8. The third kappa shape index (κ3) is 2.92. The summed E-state index contributed by atoms with van der Waals surface area (Å²) in [6, 6.07) is 12.1. The number of nitrogens with two attached hydrogens (primary N) is 1. The highest BCUT2D eigenvalue weighted by Crippen LogP contribution is 2.14. The van der Waals surface area contributed by atoms with Gasteiger partial charge in [0.1, 0.15) is 0 Å². The molecule has 2 aromatic rings. The lowest BCUT2D eigenvalue weighted by Crippen LogP contribution is -2.45. The van der Waals surface area contributed by atoms with Crippen molar-refractivity contribution in [1.82, 2.24) is 4.98 Å². The van der Waals surface area contributed by atoms with Gasteiger partial charge in [-0.15, -0.1) is 0 Å². The van der Waals surface area contributed by atoms with E-state index in [0.717, 1.165) is 16.6 Å². The van der Waals surface area contributed by atoms with E-state index in [-0.39, 0.29) is 12.1 Å². The second kappa shape index (κ2) is 5.65. The van der Waals surface area contributed by atoms with Crippen LogP contribution >= 0.6 is 0 Å². The number of pyridine rings is 1. The molecule has 19 heavy (non-hydrogen) atoms. The van der Waals surface area contributed by atoms with Gasteiger partial charge < -0.3 is 15.2 Å². The van der Waals surface area contributed by atoms with Gasteiger partial charge in [-0.1, -0.05) is 24.3 Å². The average molecular weight is 258 g/mol. The zero-order valence-electron chi connectivity index (χ0n) is 10.8. The SMILES string of the molecule is NC(Cc1ccc2ccccc2n1)C1COCCO1. The molecule has 3 rings (SSSR count). The van der Waals surface area contributed by atoms with Crippen molar-refractivity contribution in [3.8, 4) is 0 Å². The lowest BCUT2D eigenvalue weighted by Gasteiger charge is -2.27. The van der Waals surface area contributed by atoms with Crippen molar-refractivity contribution in [3.05, 3.63) is 42.1 Å². The van der Waals surface area contributed by atoms with Gasteiger partial charge >= 0.3 is 0 Å². The van der Waals surface area contributed by atoms with Gasteiger partial charge in [0.2, 0.25) is 0 Å². The topological polar surface area (TPSA) is 57.4 Å². The molecule has 4 nitrogen and oxygen atoms in total. The quantitative estimate of drug-likeness (QED) is 0.907. The Morgan fingerprint density at radius 3 is 2.95 bits per heavy atom. The van der Waals surface area contributed by atoms with Gasteiger partial charge in [-0.3, -0.25) is 4.98 Å². The standard InChI is InChI=1S/C15H18N2O2/c16-13(15-10-18-7-8-19-15)9-12-6-5-11-3-1-2-4-14(11)17-12/h1-6,13,15H,7-10,16H2. The molecule has 0 spiro atoms. The summed E-state index contributed by atoms with van der Waals surface area (Å²) in [6.07, 6.45) is 0.681. The molecule has 0 aliphatic carbocycles. The third-order valence-electron chi connectivity index (χ3n) is 3.42. The molecule has 1 aromatic heterocycles. The smallest absolute Gasteiger partial charge is 0.0963 e. The number of fused-ring (bicyclic) bond motifs is 1. The van der Waals surface area contributed by atoms with Gasteiger partial charge in [-0.2, -0.15) is 0 Å². The predicted octanol–water partition coefficient (Wildman–Crippen LogP) is 1.52. The largest absolute Gasteiger partial charge is 0.376 e. The van der Waals surface area contributed by atoms with Gasteiger partial charge in [0.25, 0.3) is 0 Å². The summed E-state index contributed by atoms with van der Waals surface area (Å²) in [6.45, 7) is 1.87. The Balaban J connectivity index is 1.73. The van der Waals surface area contributed by atoms with Gasteiger partial charge in [0.15, 0.2) is 0 Å². The number of benzene rings is 1. The van der Waals surface area contributed by atoms with Gasteiger partial charge in [-0.25, -0.2) is 0 Å². The molecule has 2 unspecified atom stereocenters. The van der Waals surface area contributed by atoms with E-state index in [9.17, 15) is 0 Å². The van der Waals surface area contributed by atoms with Crippen LogP contribution in [0.5, 0.6) is 0 Å². The monoisotopic (exact) mass is 258 g/mol. The second-order valence-corrected chi connectivity index (χ2v) is 4.85. The molecule has 2 atom stereocenters. The van der Waals surface area contributed by atoms with Crippen LogP contribution in [0.15, 0.2) is 36.4 Å². The number of hydrogen-bond donors (Lipinski definition) is 1. The number of hydrogen-bond acceptors (Lipinski definition) is 4. The van der Waals surface area contributed by atoms with E-state index < -0.39 is 0 Å². The number of nitrogens with zero attached hydrogens (tertiary/aromatic N) is 1. The number of ether oxygens (including phenoxy) is 2. The molecule has 0 amide bonds. The first-order chi connectivity index (χ1) is 9.33.